The molecule has 5 nitrogen and oxygen atoms in total. The lowest BCUT2D eigenvalue weighted by Crippen LogP contribution is -2.54. The standard InChI is InChI=1S/C23H30N2O3/c1-16(2)24(19-15-11-10-12-17(19)3)21(26)20(18-13-8-7-9-14-18)25(22(27)28)23(4,5)6/h7-16,20H,1-6H3,(H,27,28). The summed E-state index contributed by atoms with van der Waals surface area (Å²) < 4.78 is 0. The number of hydrogen-bond donors (Lipinski definition) is 1. The van der Waals surface area contributed by atoms with Gasteiger partial charge in [-0.05, 0) is 58.7 Å². The van der Waals surface area contributed by atoms with Crippen molar-refractivity contribution in [3.63, 3.8) is 0 Å². The van der Waals surface area contributed by atoms with E-state index in [1.807, 2.05) is 63.2 Å². The van der Waals surface area contributed by atoms with E-state index in [0.717, 1.165) is 11.3 Å². The number of hydrogen-bond acceptors (Lipinski definition) is 2. The highest BCUT2D eigenvalue weighted by molar-refractivity contribution is 6.00. The Balaban J connectivity index is 2.66. The van der Waals surface area contributed by atoms with Crippen LogP contribution < -0.4 is 4.90 Å². The molecule has 0 spiro atoms. The molecule has 0 heterocycles. The van der Waals surface area contributed by atoms with Gasteiger partial charge in [0.1, 0.15) is 6.04 Å². The molecule has 28 heavy (non-hydrogen) atoms. The van der Waals surface area contributed by atoms with E-state index in [1.54, 1.807) is 37.8 Å². The molecule has 1 N–H and O–H groups in total. The fourth-order valence-corrected chi connectivity index (χ4v) is 3.44. The normalized spacial score (nSPS) is 12.5. The zero-order valence-corrected chi connectivity index (χ0v) is 17.5. The van der Waals surface area contributed by atoms with Crippen LogP contribution in [0.3, 0.4) is 0 Å². The number of benzene rings is 2. The number of amides is 2. The lowest BCUT2D eigenvalue weighted by molar-refractivity contribution is -0.125. The Hall–Kier alpha value is -2.82. The predicted molar refractivity (Wildman–Crippen MR) is 113 cm³/mol. The number of aryl methyl sites for hydroxylation is 1. The van der Waals surface area contributed by atoms with Gasteiger partial charge in [-0.25, -0.2) is 4.79 Å². The molecule has 0 aliphatic heterocycles. The van der Waals surface area contributed by atoms with Gasteiger partial charge in [-0.2, -0.15) is 0 Å². The summed E-state index contributed by atoms with van der Waals surface area (Å²) in [5.41, 5.74) is 1.66. The lowest BCUT2D eigenvalue weighted by Gasteiger charge is -2.42. The van der Waals surface area contributed by atoms with E-state index >= 15 is 0 Å². The minimum Gasteiger partial charge on any atom is -0.465 e. The molecule has 2 aromatic rings. The molecule has 0 aromatic heterocycles. The molecule has 0 bridgehead atoms. The van der Waals surface area contributed by atoms with Crippen LogP contribution in [0, 0.1) is 6.92 Å². The number of rotatable bonds is 5. The van der Waals surface area contributed by atoms with E-state index in [4.69, 9.17) is 0 Å². The van der Waals surface area contributed by atoms with Crippen LogP contribution in [0.5, 0.6) is 0 Å². The summed E-state index contributed by atoms with van der Waals surface area (Å²) in [5.74, 6) is -0.257. The van der Waals surface area contributed by atoms with Gasteiger partial charge in [0.2, 0.25) is 0 Å². The Bertz CT molecular complexity index is 825. The molecule has 2 rings (SSSR count). The van der Waals surface area contributed by atoms with Gasteiger partial charge in [0.15, 0.2) is 0 Å². The first-order valence-corrected chi connectivity index (χ1v) is 9.51. The Morgan fingerprint density at radius 1 is 0.929 bits per heavy atom. The van der Waals surface area contributed by atoms with Crippen molar-refractivity contribution in [3.05, 3.63) is 65.7 Å². The van der Waals surface area contributed by atoms with Crippen molar-refractivity contribution in [2.45, 2.75) is 59.2 Å². The van der Waals surface area contributed by atoms with Crippen LogP contribution in [0.4, 0.5) is 10.5 Å². The number of nitrogens with zero attached hydrogens (tertiary/aromatic N) is 2. The minimum absolute atomic E-state index is 0.129. The quantitative estimate of drug-likeness (QED) is 0.768. The fraction of sp³-hybridized carbons (Fsp3) is 0.391. The average molecular weight is 383 g/mol. The van der Waals surface area contributed by atoms with E-state index in [-0.39, 0.29) is 11.9 Å². The zero-order chi connectivity index (χ0) is 21.1. The molecular formula is C23H30N2O3. The number of anilines is 1. The Morgan fingerprint density at radius 3 is 1.93 bits per heavy atom. The van der Waals surface area contributed by atoms with Crippen LogP contribution in [-0.2, 0) is 4.79 Å². The molecule has 0 saturated carbocycles. The molecule has 5 heteroatoms. The average Bonchev–Trinajstić information content (AvgIpc) is 2.60. The van der Waals surface area contributed by atoms with E-state index < -0.39 is 17.7 Å². The van der Waals surface area contributed by atoms with Gasteiger partial charge in [0.25, 0.3) is 5.91 Å². The highest BCUT2D eigenvalue weighted by atomic mass is 16.4. The molecule has 1 atom stereocenters. The van der Waals surface area contributed by atoms with Gasteiger partial charge in [-0.1, -0.05) is 48.5 Å². The second-order valence-corrected chi connectivity index (χ2v) is 8.23. The highest BCUT2D eigenvalue weighted by Crippen LogP contribution is 2.33. The van der Waals surface area contributed by atoms with Crippen LogP contribution in [0.25, 0.3) is 0 Å². The van der Waals surface area contributed by atoms with Crippen LogP contribution in [0.2, 0.25) is 0 Å². The molecule has 2 amide bonds. The van der Waals surface area contributed by atoms with E-state index in [1.165, 1.54) is 4.90 Å². The maximum Gasteiger partial charge on any atom is 0.408 e. The number of para-hydroxylation sites is 1. The third kappa shape index (κ3) is 4.53. The molecule has 150 valence electrons. The topological polar surface area (TPSA) is 60.9 Å². The van der Waals surface area contributed by atoms with Crippen molar-refractivity contribution in [2.75, 3.05) is 4.90 Å². The maximum absolute atomic E-state index is 13.9. The van der Waals surface area contributed by atoms with Gasteiger partial charge in [0.05, 0.1) is 0 Å². The minimum atomic E-state index is -1.12. The summed E-state index contributed by atoms with van der Waals surface area (Å²) in [4.78, 5) is 29.0. The number of carboxylic acid groups (broad SMARTS) is 1. The van der Waals surface area contributed by atoms with Crippen molar-refractivity contribution >= 4 is 17.7 Å². The third-order valence-electron chi connectivity index (χ3n) is 4.67. The monoisotopic (exact) mass is 382 g/mol. The van der Waals surface area contributed by atoms with Crippen molar-refractivity contribution in [1.29, 1.82) is 0 Å². The van der Waals surface area contributed by atoms with Crippen molar-refractivity contribution in [1.82, 2.24) is 4.90 Å². The number of carbonyl (C=O) groups is 2. The summed E-state index contributed by atoms with van der Waals surface area (Å²) in [6.07, 6.45) is -1.12. The van der Waals surface area contributed by atoms with Gasteiger partial charge in [-0.15, -0.1) is 0 Å². The SMILES string of the molecule is Cc1ccccc1N(C(=O)C(c1ccccc1)N(C(=O)O)C(C)(C)C)C(C)C. The first-order chi connectivity index (χ1) is 13.1. The fourth-order valence-electron chi connectivity index (χ4n) is 3.44. The molecule has 0 aliphatic carbocycles. The van der Waals surface area contributed by atoms with Gasteiger partial charge < -0.3 is 10.0 Å². The third-order valence-corrected chi connectivity index (χ3v) is 4.67. The highest BCUT2D eigenvalue weighted by Gasteiger charge is 2.41. The van der Waals surface area contributed by atoms with Crippen LogP contribution in [-0.4, -0.2) is 33.6 Å². The lowest BCUT2D eigenvalue weighted by atomic mass is 9.96. The predicted octanol–water partition coefficient (Wildman–Crippen LogP) is 5.26. The molecule has 0 aliphatic rings. The Kier molecular flexibility index (Phi) is 6.49. The van der Waals surface area contributed by atoms with E-state index in [9.17, 15) is 14.7 Å². The molecule has 0 fully saturated rings. The molecule has 0 radical (unpaired) electrons. The second-order valence-electron chi connectivity index (χ2n) is 8.23. The summed E-state index contributed by atoms with van der Waals surface area (Å²) in [7, 11) is 0. The molecule has 1 unspecified atom stereocenters. The second kappa shape index (κ2) is 8.46. The summed E-state index contributed by atoms with van der Waals surface area (Å²) >= 11 is 0. The Labute approximate surface area is 167 Å². The van der Waals surface area contributed by atoms with Crippen LogP contribution in [0.15, 0.2) is 54.6 Å². The van der Waals surface area contributed by atoms with Crippen LogP contribution >= 0.6 is 0 Å². The van der Waals surface area contributed by atoms with Gasteiger partial charge >= 0.3 is 6.09 Å². The van der Waals surface area contributed by atoms with Crippen molar-refractivity contribution < 1.29 is 14.7 Å². The summed E-state index contributed by atoms with van der Waals surface area (Å²) in [5, 5.41) is 9.99. The van der Waals surface area contributed by atoms with Gasteiger partial charge in [0, 0.05) is 17.3 Å². The van der Waals surface area contributed by atoms with Crippen molar-refractivity contribution in [2.24, 2.45) is 0 Å². The van der Waals surface area contributed by atoms with Gasteiger partial charge in [-0.3, -0.25) is 9.69 Å². The molecular weight excluding hydrogens is 352 g/mol. The Morgan fingerprint density at radius 2 is 1.46 bits per heavy atom. The first-order valence-electron chi connectivity index (χ1n) is 9.51. The van der Waals surface area contributed by atoms with E-state index in [2.05, 4.69) is 0 Å². The van der Waals surface area contributed by atoms with Crippen molar-refractivity contribution in [3.8, 4) is 0 Å². The summed E-state index contributed by atoms with van der Waals surface area (Å²) in [6.45, 7) is 11.2. The maximum atomic E-state index is 13.9. The van der Waals surface area contributed by atoms with Crippen LogP contribution in [0.1, 0.15) is 51.8 Å². The largest absolute Gasteiger partial charge is 0.465 e. The number of carbonyl (C=O) groups excluding carboxylic acids is 1. The molecule has 0 saturated heterocycles. The first kappa shape index (κ1) is 21.5. The zero-order valence-electron chi connectivity index (χ0n) is 17.5. The smallest absolute Gasteiger partial charge is 0.408 e. The van der Waals surface area contributed by atoms with E-state index in [0.29, 0.717) is 5.56 Å². The molecule has 2 aromatic carbocycles. The summed E-state index contributed by atoms with van der Waals surface area (Å²) in [6, 6.07) is 15.7.